The van der Waals surface area contributed by atoms with E-state index in [0.29, 0.717) is 6.04 Å². The van der Waals surface area contributed by atoms with E-state index in [1.54, 1.807) is 0 Å². The van der Waals surface area contributed by atoms with Crippen LogP contribution in [0.4, 0.5) is 10.5 Å². The summed E-state index contributed by atoms with van der Waals surface area (Å²) in [7, 11) is 0. The maximum absolute atomic E-state index is 12.5. The van der Waals surface area contributed by atoms with Gasteiger partial charge < -0.3 is 10.2 Å². The number of rotatable bonds is 2. The average molecular weight is 297 g/mol. The van der Waals surface area contributed by atoms with Crippen LogP contribution in [0.5, 0.6) is 0 Å². The molecule has 1 aromatic carbocycles. The molecule has 2 aliphatic heterocycles. The molecule has 1 atom stereocenters. The molecule has 0 saturated carbocycles. The van der Waals surface area contributed by atoms with Crippen LogP contribution in [0.2, 0.25) is 0 Å². The van der Waals surface area contributed by atoms with E-state index in [9.17, 15) is 4.79 Å². The lowest BCUT2D eigenvalue weighted by molar-refractivity contribution is 0.132. The number of amides is 2. The Balaban J connectivity index is 1.60. The quantitative estimate of drug-likeness (QED) is 0.852. The normalized spacial score (nSPS) is 22.3. The summed E-state index contributed by atoms with van der Waals surface area (Å²) in [5, 5.41) is 2.97. The van der Waals surface area contributed by atoms with Gasteiger partial charge in [0.1, 0.15) is 0 Å². The number of benzene rings is 1. The third-order valence-corrected chi connectivity index (χ3v) is 4.62. The molecular weight excluding hydrogens is 274 g/mol. The molecule has 0 bridgehead atoms. The second kappa shape index (κ2) is 6.85. The average Bonchev–Trinajstić information content (AvgIpc) is 3.09. The van der Waals surface area contributed by atoms with Gasteiger partial charge in [-0.3, -0.25) is 4.90 Å². The van der Waals surface area contributed by atoms with Crippen LogP contribution >= 0.6 is 0 Å². The van der Waals surface area contributed by atoms with Crippen molar-refractivity contribution >= 4 is 11.7 Å². The van der Waals surface area contributed by atoms with Crippen molar-refractivity contribution in [1.29, 1.82) is 0 Å². The number of hydrogen-bond donors (Lipinski definition) is 1. The van der Waals surface area contributed by atoms with Gasteiger partial charge in [-0.25, -0.2) is 4.79 Å². The summed E-state index contributed by atoms with van der Waals surface area (Å²) in [4.78, 5) is 17.0. The summed E-state index contributed by atoms with van der Waals surface area (Å²) in [5.74, 6) is 2.59. The van der Waals surface area contributed by atoms with Crippen LogP contribution in [0.15, 0.2) is 24.3 Å². The second-order valence-corrected chi connectivity index (χ2v) is 6.14. The molecule has 4 heteroatoms. The van der Waals surface area contributed by atoms with E-state index in [2.05, 4.69) is 16.1 Å². The monoisotopic (exact) mass is 297 g/mol. The zero-order valence-electron chi connectivity index (χ0n) is 12.9. The van der Waals surface area contributed by atoms with Crippen molar-refractivity contribution in [1.82, 2.24) is 9.80 Å². The lowest BCUT2D eigenvalue weighted by Gasteiger charge is -2.37. The van der Waals surface area contributed by atoms with Crippen molar-refractivity contribution in [3.8, 4) is 12.3 Å². The van der Waals surface area contributed by atoms with Gasteiger partial charge in [0.25, 0.3) is 0 Å². The fourth-order valence-electron chi connectivity index (χ4n) is 3.43. The Bertz CT molecular complexity index is 572. The summed E-state index contributed by atoms with van der Waals surface area (Å²) in [6.45, 7) is 4.04. The van der Waals surface area contributed by atoms with Gasteiger partial charge in [-0.15, -0.1) is 6.42 Å². The number of likely N-dealkylation sites (tertiary alicyclic amines) is 2. The fraction of sp³-hybridized carbons (Fsp3) is 0.500. The van der Waals surface area contributed by atoms with Crippen molar-refractivity contribution in [3.63, 3.8) is 0 Å². The largest absolute Gasteiger partial charge is 0.323 e. The molecule has 2 saturated heterocycles. The molecule has 2 aliphatic rings. The molecule has 0 radical (unpaired) electrons. The van der Waals surface area contributed by atoms with Crippen molar-refractivity contribution in [2.45, 2.75) is 31.7 Å². The summed E-state index contributed by atoms with van der Waals surface area (Å²) in [5.41, 5.74) is 1.55. The Morgan fingerprint density at radius 3 is 2.82 bits per heavy atom. The molecule has 1 aromatic rings. The van der Waals surface area contributed by atoms with E-state index in [4.69, 9.17) is 6.42 Å². The molecule has 2 fully saturated rings. The molecule has 116 valence electrons. The van der Waals surface area contributed by atoms with Gasteiger partial charge >= 0.3 is 6.03 Å². The molecular formula is C18H23N3O. The minimum absolute atomic E-state index is 0.0157. The van der Waals surface area contributed by atoms with Gasteiger partial charge in [-0.05, 0) is 57.0 Å². The Morgan fingerprint density at radius 1 is 1.23 bits per heavy atom. The van der Waals surface area contributed by atoms with E-state index in [1.165, 1.54) is 32.4 Å². The van der Waals surface area contributed by atoms with Crippen LogP contribution in [0, 0.1) is 12.3 Å². The van der Waals surface area contributed by atoms with Gasteiger partial charge in [-0.2, -0.15) is 0 Å². The van der Waals surface area contributed by atoms with Crippen LogP contribution in [0.3, 0.4) is 0 Å². The number of anilines is 1. The highest BCUT2D eigenvalue weighted by Gasteiger charge is 2.29. The number of piperidine rings is 1. The Labute approximate surface area is 132 Å². The first kappa shape index (κ1) is 14.9. The predicted molar refractivity (Wildman–Crippen MR) is 88.8 cm³/mol. The van der Waals surface area contributed by atoms with E-state index in [0.717, 1.165) is 30.8 Å². The second-order valence-electron chi connectivity index (χ2n) is 6.14. The zero-order valence-corrected chi connectivity index (χ0v) is 12.9. The summed E-state index contributed by atoms with van der Waals surface area (Å²) in [6, 6.07) is 7.95. The van der Waals surface area contributed by atoms with E-state index < -0.39 is 0 Å². The number of nitrogens with zero attached hydrogens (tertiary/aromatic N) is 2. The number of urea groups is 1. The highest BCUT2D eigenvalue weighted by molar-refractivity contribution is 5.89. The van der Waals surface area contributed by atoms with Crippen LogP contribution in [-0.4, -0.2) is 48.1 Å². The van der Waals surface area contributed by atoms with Crippen molar-refractivity contribution in [3.05, 3.63) is 29.8 Å². The van der Waals surface area contributed by atoms with Crippen LogP contribution < -0.4 is 5.32 Å². The highest BCUT2D eigenvalue weighted by Crippen LogP contribution is 2.21. The van der Waals surface area contributed by atoms with Crippen LogP contribution in [-0.2, 0) is 0 Å². The lowest BCUT2D eigenvalue weighted by Crippen LogP contribution is -2.50. The van der Waals surface area contributed by atoms with Crippen molar-refractivity contribution < 1.29 is 4.79 Å². The molecule has 0 aliphatic carbocycles. The molecule has 0 aromatic heterocycles. The van der Waals surface area contributed by atoms with Crippen molar-refractivity contribution in [2.24, 2.45) is 0 Å². The van der Waals surface area contributed by atoms with Gasteiger partial charge in [0.15, 0.2) is 0 Å². The molecule has 0 spiro atoms. The Kier molecular flexibility index (Phi) is 4.65. The summed E-state index contributed by atoms with van der Waals surface area (Å²) >= 11 is 0. The first-order chi connectivity index (χ1) is 10.8. The number of hydrogen-bond acceptors (Lipinski definition) is 2. The SMILES string of the molecule is C#Cc1cccc(NC(=O)N2CCCC(N3CCCC3)C2)c1. The van der Waals surface area contributed by atoms with Gasteiger partial charge in [0.2, 0.25) is 0 Å². The molecule has 4 nitrogen and oxygen atoms in total. The van der Waals surface area contributed by atoms with Gasteiger partial charge in [-0.1, -0.05) is 12.0 Å². The number of nitrogens with one attached hydrogen (secondary N) is 1. The fourth-order valence-corrected chi connectivity index (χ4v) is 3.43. The predicted octanol–water partition coefficient (Wildman–Crippen LogP) is 2.76. The third kappa shape index (κ3) is 3.42. The third-order valence-electron chi connectivity index (χ3n) is 4.62. The molecule has 2 amide bonds. The molecule has 22 heavy (non-hydrogen) atoms. The maximum Gasteiger partial charge on any atom is 0.321 e. The maximum atomic E-state index is 12.5. The lowest BCUT2D eigenvalue weighted by atomic mass is 10.0. The van der Waals surface area contributed by atoms with Crippen molar-refractivity contribution in [2.75, 3.05) is 31.5 Å². The smallest absolute Gasteiger partial charge is 0.321 e. The summed E-state index contributed by atoms with van der Waals surface area (Å²) in [6.07, 6.45) is 10.3. The minimum atomic E-state index is -0.0157. The van der Waals surface area contributed by atoms with E-state index in [1.807, 2.05) is 29.2 Å². The highest BCUT2D eigenvalue weighted by atomic mass is 16.2. The molecule has 2 heterocycles. The molecule has 1 N–H and O–H groups in total. The number of carbonyl (C=O) groups excluding carboxylic acids is 1. The Morgan fingerprint density at radius 2 is 2.05 bits per heavy atom. The van der Waals surface area contributed by atoms with E-state index in [-0.39, 0.29) is 6.03 Å². The minimum Gasteiger partial charge on any atom is -0.323 e. The van der Waals surface area contributed by atoms with Gasteiger partial charge in [0, 0.05) is 30.4 Å². The standard InChI is InChI=1S/C18H23N3O/c1-2-15-7-5-8-16(13-15)19-18(22)21-12-6-9-17(14-21)20-10-3-4-11-20/h1,5,7-8,13,17H,3-4,6,9-12,14H2,(H,19,22). The zero-order chi connectivity index (χ0) is 15.4. The number of carbonyl (C=O) groups is 1. The summed E-state index contributed by atoms with van der Waals surface area (Å²) < 4.78 is 0. The molecule has 1 unspecified atom stereocenters. The van der Waals surface area contributed by atoms with Crippen LogP contribution in [0.1, 0.15) is 31.2 Å². The van der Waals surface area contributed by atoms with Gasteiger partial charge in [0.05, 0.1) is 0 Å². The Hall–Kier alpha value is -1.99. The first-order valence-corrected chi connectivity index (χ1v) is 8.13. The van der Waals surface area contributed by atoms with Crippen LogP contribution in [0.25, 0.3) is 0 Å². The topological polar surface area (TPSA) is 35.6 Å². The molecule has 3 rings (SSSR count). The first-order valence-electron chi connectivity index (χ1n) is 8.13. The number of terminal acetylenes is 1. The van der Waals surface area contributed by atoms with E-state index >= 15 is 0 Å².